The predicted molar refractivity (Wildman–Crippen MR) is 210 cm³/mol. The fraction of sp³-hybridized carbons (Fsp3) is 0.234. The lowest BCUT2D eigenvalue weighted by Crippen LogP contribution is -2.44. The van der Waals surface area contributed by atoms with Gasteiger partial charge in [0.25, 0.3) is 0 Å². The monoisotopic (exact) mass is 692 g/mol. The maximum absolute atomic E-state index is 7.02. The molecule has 0 fully saturated rings. The van der Waals surface area contributed by atoms with Gasteiger partial charge in [-0.15, -0.1) is 0 Å². The van der Waals surface area contributed by atoms with Crippen molar-refractivity contribution < 1.29 is 9.47 Å². The van der Waals surface area contributed by atoms with E-state index in [1.54, 1.807) is 0 Å². The third-order valence-corrected chi connectivity index (χ3v) is 12.7. The van der Waals surface area contributed by atoms with Crippen molar-refractivity contribution in [1.82, 2.24) is 19.2 Å². The number of ether oxygens (including phenoxy) is 2. The lowest BCUT2D eigenvalue weighted by molar-refractivity contribution is 0.286. The molecule has 3 aliphatic heterocycles. The molecular weight excluding hydrogens is 653 g/mol. The molecule has 3 aliphatic rings. The van der Waals surface area contributed by atoms with E-state index in [1.165, 1.54) is 49.8 Å². The van der Waals surface area contributed by atoms with Gasteiger partial charge in [-0.25, -0.2) is 9.67 Å². The molecule has 0 atom stereocenters. The van der Waals surface area contributed by atoms with E-state index in [4.69, 9.17) is 19.6 Å². The number of pyridine rings is 1. The number of imidazole rings is 1. The van der Waals surface area contributed by atoms with Crippen molar-refractivity contribution in [2.45, 2.75) is 70.6 Å². The molecule has 0 spiro atoms. The quantitative estimate of drug-likeness (QED) is 0.148. The van der Waals surface area contributed by atoms with Crippen molar-refractivity contribution >= 4 is 27.3 Å². The Hall–Kier alpha value is -5.88. The Bertz CT molecular complexity index is 2840. The minimum atomic E-state index is -0.223. The Balaban J connectivity index is 1.18. The number of hydrogen-bond donors (Lipinski definition) is 0. The fourth-order valence-corrected chi connectivity index (χ4v) is 9.34. The van der Waals surface area contributed by atoms with Gasteiger partial charge in [0.2, 0.25) is 0 Å². The smallest absolute Gasteiger partial charge is 0.145 e. The largest absolute Gasteiger partial charge is 0.457 e. The van der Waals surface area contributed by atoms with E-state index < -0.39 is 0 Å². The van der Waals surface area contributed by atoms with E-state index in [0.29, 0.717) is 6.42 Å². The van der Waals surface area contributed by atoms with Crippen molar-refractivity contribution in [3.63, 3.8) is 0 Å². The number of para-hydroxylation sites is 3. The molecule has 0 amide bonds. The van der Waals surface area contributed by atoms with Gasteiger partial charge in [-0.3, -0.25) is 4.40 Å². The molecule has 10 bridgehead atoms. The Morgan fingerprint density at radius 1 is 0.623 bits per heavy atom. The molecule has 3 aromatic heterocycles. The van der Waals surface area contributed by atoms with Crippen molar-refractivity contribution in [3.8, 4) is 28.7 Å². The van der Waals surface area contributed by atoms with Crippen molar-refractivity contribution in [1.29, 1.82) is 0 Å². The summed E-state index contributed by atoms with van der Waals surface area (Å²) in [7, 11) is 0. The van der Waals surface area contributed by atoms with Crippen molar-refractivity contribution in [2.75, 3.05) is 0 Å². The molecule has 53 heavy (non-hydrogen) atoms. The van der Waals surface area contributed by atoms with Gasteiger partial charge in [-0.05, 0) is 83.3 Å². The van der Waals surface area contributed by atoms with Crippen molar-refractivity contribution in [3.05, 3.63) is 154 Å². The summed E-state index contributed by atoms with van der Waals surface area (Å²) >= 11 is 0. The van der Waals surface area contributed by atoms with Gasteiger partial charge < -0.3 is 9.47 Å². The normalized spacial score (nSPS) is 16.5. The molecule has 6 nitrogen and oxygen atoms in total. The summed E-state index contributed by atoms with van der Waals surface area (Å²) in [4.78, 5) is 5.63. The van der Waals surface area contributed by atoms with E-state index in [9.17, 15) is 0 Å². The summed E-state index contributed by atoms with van der Waals surface area (Å²) in [6.45, 7) is 9.59. The third-order valence-electron chi connectivity index (χ3n) is 12.7. The lowest BCUT2D eigenvalue weighted by atomic mass is 9.60. The van der Waals surface area contributed by atoms with Gasteiger partial charge in [0.1, 0.15) is 28.6 Å². The van der Waals surface area contributed by atoms with Crippen LogP contribution >= 0.6 is 0 Å². The molecule has 6 heteroatoms. The summed E-state index contributed by atoms with van der Waals surface area (Å²) in [5.74, 6) is 3.54. The van der Waals surface area contributed by atoms with Gasteiger partial charge in [0, 0.05) is 52.3 Å². The van der Waals surface area contributed by atoms with Crippen LogP contribution in [0.25, 0.3) is 33.0 Å². The maximum atomic E-state index is 7.02. The molecule has 0 unspecified atom stereocenters. The van der Waals surface area contributed by atoms with E-state index in [0.717, 1.165) is 76.8 Å². The zero-order valence-corrected chi connectivity index (χ0v) is 30.5. The van der Waals surface area contributed by atoms with Crippen LogP contribution in [0, 0.1) is 0 Å². The molecule has 0 radical (unpaired) electrons. The summed E-state index contributed by atoms with van der Waals surface area (Å²) in [6.07, 6.45) is 6.35. The van der Waals surface area contributed by atoms with Crippen LogP contribution in [0.3, 0.4) is 0 Å². The first-order valence-corrected chi connectivity index (χ1v) is 18.9. The van der Waals surface area contributed by atoms with Crippen LogP contribution in [0.15, 0.2) is 109 Å². The van der Waals surface area contributed by atoms with Crippen LogP contribution in [0.5, 0.6) is 23.0 Å². The van der Waals surface area contributed by atoms with Crippen LogP contribution in [0.2, 0.25) is 0 Å². The minimum absolute atomic E-state index is 0.147. The lowest BCUT2D eigenvalue weighted by Gasteiger charge is -2.46. The SMILES string of the molecule is CC1(C)c2cccc3c4ccc5cc4c4nc(c(n4c23)C1(C)C)Cc1cccc2c1Oc1c(cccc1C2)CCCc1ccn(n1)-c1cccc(c1)O5. The topological polar surface area (TPSA) is 53.6 Å². The second-order valence-corrected chi connectivity index (χ2v) is 16.2. The van der Waals surface area contributed by atoms with E-state index in [2.05, 4.69) is 123 Å². The Morgan fingerprint density at radius 2 is 1.36 bits per heavy atom. The molecule has 11 rings (SSSR count). The Morgan fingerprint density at radius 3 is 2.21 bits per heavy atom. The molecule has 6 heterocycles. The number of hydrogen-bond acceptors (Lipinski definition) is 4. The first-order chi connectivity index (χ1) is 25.7. The second kappa shape index (κ2) is 10.8. The van der Waals surface area contributed by atoms with Crippen LogP contribution in [0.4, 0.5) is 0 Å². The highest BCUT2D eigenvalue weighted by molar-refractivity contribution is 6.13. The summed E-state index contributed by atoms with van der Waals surface area (Å²) in [5, 5.41) is 8.44. The number of nitrogens with zero attached hydrogens (tertiary/aromatic N) is 4. The first kappa shape index (κ1) is 30.7. The van der Waals surface area contributed by atoms with Crippen molar-refractivity contribution in [2.24, 2.45) is 0 Å². The zero-order chi connectivity index (χ0) is 35.6. The summed E-state index contributed by atoms with van der Waals surface area (Å²) in [6, 6.07) is 36.9. The molecule has 5 aromatic carbocycles. The maximum Gasteiger partial charge on any atom is 0.145 e. The second-order valence-electron chi connectivity index (χ2n) is 16.2. The third kappa shape index (κ3) is 4.38. The Labute approximate surface area is 308 Å². The number of aryl methyl sites for hydroxylation is 2. The predicted octanol–water partition coefficient (Wildman–Crippen LogP) is 11.0. The number of rotatable bonds is 0. The van der Waals surface area contributed by atoms with Gasteiger partial charge in [-0.2, -0.15) is 5.10 Å². The van der Waals surface area contributed by atoms with Gasteiger partial charge in [0.05, 0.1) is 28.3 Å². The molecule has 8 aromatic rings. The standard InChI is InChI=1S/C47H40N4O2/c1-46(2)39-19-9-18-37-36-21-20-35-27-38(36)45-48-40(44(47(46,3)4)51(45)41(37)39)25-31-14-6-13-30-24-29-12-5-10-28(42(29)53-43(30)31)11-7-15-32-22-23-50(49-32)33-16-8-17-34(26-33)52-35/h5-6,8-10,12-14,16-23,26-27H,7,11,15,24-25H2,1-4H3. The van der Waals surface area contributed by atoms with Crippen LogP contribution < -0.4 is 9.47 Å². The first-order valence-electron chi connectivity index (χ1n) is 18.9. The molecule has 0 saturated heterocycles. The van der Waals surface area contributed by atoms with Gasteiger partial charge in [-0.1, -0.05) is 88.4 Å². The highest BCUT2D eigenvalue weighted by Gasteiger charge is 2.48. The minimum Gasteiger partial charge on any atom is -0.457 e. The summed E-state index contributed by atoms with van der Waals surface area (Å²) < 4.78 is 18.1. The number of fused-ring (bicyclic) bond motifs is 9. The van der Waals surface area contributed by atoms with Gasteiger partial charge >= 0.3 is 0 Å². The van der Waals surface area contributed by atoms with Gasteiger partial charge in [0.15, 0.2) is 0 Å². The molecule has 260 valence electrons. The molecule has 0 saturated carbocycles. The molecular formula is C47H40N4O2. The van der Waals surface area contributed by atoms with E-state index >= 15 is 0 Å². The zero-order valence-electron chi connectivity index (χ0n) is 30.5. The van der Waals surface area contributed by atoms with Crippen LogP contribution in [-0.2, 0) is 36.5 Å². The Kier molecular flexibility index (Phi) is 6.28. The van der Waals surface area contributed by atoms with E-state index in [1.807, 2.05) is 23.0 Å². The highest BCUT2D eigenvalue weighted by atomic mass is 16.5. The van der Waals surface area contributed by atoms with E-state index in [-0.39, 0.29) is 10.8 Å². The molecule has 0 aliphatic carbocycles. The molecule has 0 N–H and O–H groups in total. The number of aromatic nitrogens is 4. The number of benzene rings is 5. The van der Waals surface area contributed by atoms with Crippen LogP contribution in [0.1, 0.15) is 79.0 Å². The van der Waals surface area contributed by atoms with Crippen LogP contribution in [-0.4, -0.2) is 19.2 Å². The fourth-order valence-electron chi connectivity index (χ4n) is 9.34. The average Bonchev–Trinajstić information content (AvgIpc) is 3.79. The highest BCUT2D eigenvalue weighted by Crippen LogP contribution is 2.53. The summed E-state index contributed by atoms with van der Waals surface area (Å²) in [5.41, 5.74) is 12.5. The average molecular weight is 693 g/mol.